The highest BCUT2D eigenvalue weighted by molar-refractivity contribution is 6.28. The molecule has 1 aliphatic heterocycles. The lowest BCUT2D eigenvalue weighted by molar-refractivity contribution is -0.136. The number of benzene rings is 1. The van der Waals surface area contributed by atoms with Crippen molar-refractivity contribution in [1.82, 2.24) is 0 Å². The molecule has 2 rings (SSSR count). The maximum Gasteiger partial charge on any atom is 0.377 e. The van der Waals surface area contributed by atoms with Gasteiger partial charge in [-0.15, -0.1) is 5.10 Å². The number of rotatable bonds is 2. The zero-order valence-corrected chi connectivity index (χ0v) is 9.68. The molecule has 5 nitrogen and oxygen atoms in total. The van der Waals surface area contributed by atoms with Gasteiger partial charge in [-0.1, -0.05) is 23.4 Å². The molecule has 0 saturated heterocycles. The monoisotopic (exact) mass is 249 g/mol. The number of carbonyl (C=O) groups excluding carboxylic acids is 1. The lowest BCUT2D eigenvalue weighted by atomic mass is 10.2. The zero-order chi connectivity index (χ0) is 12.3. The van der Waals surface area contributed by atoms with Gasteiger partial charge >= 0.3 is 5.97 Å². The van der Waals surface area contributed by atoms with Gasteiger partial charge in [0.2, 0.25) is 0 Å². The average Bonchev–Trinajstić information content (AvgIpc) is 2.67. The van der Waals surface area contributed by atoms with E-state index in [1.165, 1.54) is 0 Å². The van der Waals surface area contributed by atoms with Gasteiger partial charge in [0, 0.05) is 17.6 Å². The van der Waals surface area contributed by atoms with Crippen LogP contribution in [0.3, 0.4) is 0 Å². The van der Waals surface area contributed by atoms with Gasteiger partial charge in [0.05, 0.1) is 5.69 Å². The van der Waals surface area contributed by atoms with Gasteiger partial charge in [0.15, 0.2) is 0 Å². The summed E-state index contributed by atoms with van der Waals surface area (Å²) >= 11 is 5.88. The molecule has 0 unspecified atom stereocenters. The highest BCUT2D eigenvalue weighted by Gasteiger charge is 2.22. The van der Waals surface area contributed by atoms with Crippen LogP contribution in [0, 0.1) is 0 Å². The molecule has 0 aliphatic carbocycles. The highest BCUT2D eigenvalue weighted by Crippen LogP contribution is 2.15. The number of anilines is 1. The molecule has 0 spiro atoms. The Hall–Kier alpha value is -2.10. The van der Waals surface area contributed by atoms with Crippen LogP contribution < -0.4 is 4.53 Å². The third-order valence-corrected chi connectivity index (χ3v) is 2.32. The number of nitrogens with zero attached hydrogens (tertiary/aromatic N) is 3. The van der Waals surface area contributed by atoms with E-state index >= 15 is 0 Å². The molecule has 0 bridgehead atoms. The number of hydrogen-bond acceptors (Lipinski definition) is 5. The first-order chi connectivity index (χ1) is 8.18. The Kier molecular flexibility index (Phi) is 3.23. The molecule has 0 atom stereocenters. The van der Waals surface area contributed by atoms with E-state index < -0.39 is 5.97 Å². The van der Waals surface area contributed by atoms with Crippen molar-refractivity contribution < 1.29 is 9.63 Å². The minimum atomic E-state index is -0.579. The molecule has 1 aromatic rings. The third kappa shape index (κ3) is 2.53. The first kappa shape index (κ1) is 11.4. The van der Waals surface area contributed by atoms with Gasteiger partial charge in [0.25, 0.3) is 0 Å². The van der Waals surface area contributed by atoms with Gasteiger partial charge in [-0.25, -0.2) is 4.79 Å². The molecular weight excluding hydrogens is 242 g/mol. The van der Waals surface area contributed by atoms with Crippen LogP contribution in [0.5, 0.6) is 0 Å². The summed E-state index contributed by atoms with van der Waals surface area (Å²) in [4.78, 5) is 15.6. The predicted molar refractivity (Wildman–Crippen MR) is 64.9 cm³/mol. The normalized spacial score (nSPS) is 13.9. The molecule has 1 heterocycles. The van der Waals surface area contributed by atoms with Crippen LogP contribution >= 0.6 is 11.8 Å². The molecule has 0 amide bonds. The number of oxime groups is 1. The van der Waals surface area contributed by atoms with Gasteiger partial charge in [-0.2, -0.15) is 4.53 Å². The smallest absolute Gasteiger partial charge is 0.312 e. The van der Waals surface area contributed by atoms with Crippen molar-refractivity contribution in [2.24, 2.45) is 10.3 Å². The van der Waals surface area contributed by atoms with E-state index in [9.17, 15) is 4.79 Å². The third-order valence-electron chi connectivity index (χ3n) is 2.05. The van der Waals surface area contributed by atoms with E-state index in [4.69, 9.17) is 11.8 Å². The molecule has 0 aromatic heterocycles. The Bertz CT molecular complexity index is 533. The Labute approximate surface area is 103 Å². The molecule has 17 heavy (non-hydrogen) atoms. The maximum atomic E-state index is 11.2. The van der Waals surface area contributed by atoms with Crippen molar-refractivity contribution in [3.05, 3.63) is 35.9 Å². The number of para-hydroxylation sites is 1. The Morgan fingerprint density at radius 2 is 2.12 bits per heavy atom. The van der Waals surface area contributed by atoms with E-state index in [2.05, 4.69) is 21.0 Å². The lowest BCUT2D eigenvalue weighted by Gasteiger charge is -2.05. The summed E-state index contributed by atoms with van der Waals surface area (Å²) in [7, 11) is 0. The van der Waals surface area contributed by atoms with Gasteiger partial charge in [-0.05, 0) is 19.1 Å². The fourth-order valence-electron chi connectivity index (χ4n) is 1.18. The van der Waals surface area contributed by atoms with Crippen molar-refractivity contribution in [1.29, 1.82) is 0 Å². The topological polar surface area (TPSA) is 54.3 Å². The molecule has 86 valence electrons. The van der Waals surface area contributed by atoms with Gasteiger partial charge in [0.1, 0.15) is 11.3 Å². The fraction of sp³-hybridized carbons (Fsp3) is 0.0909. The van der Waals surface area contributed by atoms with Crippen LogP contribution in [0.4, 0.5) is 5.69 Å². The van der Waals surface area contributed by atoms with Crippen LogP contribution in [-0.4, -0.2) is 17.6 Å². The molecule has 0 N–H and O–H groups in total. The van der Waals surface area contributed by atoms with Crippen LogP contribution in [-0.2, 0) is 9.63 Å². The van der Waals surface area contributed by atoms with Crippen LogP contribution in [0.1, 0.15) is 6.92 Å². The molecule has 0 saturated carbocycles. The van der Waals surface area contributed by atoms with E-state index in [-0.39, 0.29) is 5.57 Å². The standard InChI is InChI=1S/C11H8ClN3O2/c1-8-10(11(16)17-14-8)7-13-15(12)9-5-3-2-4-6-9/h2-6H,1H3. The van der Waals surface area contributed by atoms with E-state index in [1.54, 1.807) is 19.1 Å². The van der Waals surface area contributed by atoms with E-state index in [1.807, 2.05) is 18.2 Å². The molecular formula is C11H8ClN3O2. The predicted octanol–water partition coefficient (Wildman–Crippen LogP) is 2.09. The molecule has 1 aromatic carbocycles. The number of hydrazone groups is 1. The summed E-state index contributed by atoms with van der Waals surface area (Å²) in [6.07, 6.45) is 0. The SMILES string of the molecule is CC1=NOC(=O)C1=C=NN(Cl)c1ccccc1. The highest BCUT2D eigenvalue weighted by atomic mass is 35.5. The Balaban J connectivity index is 2.24. The Morgan fingerprint density at radius 1 is 1.41 bits per heavy atom. The van der Waals surface area contributed by atoms with E-state index in [0.29, 0.717) is 11.4 Å². The second-order valence-electron chi connectivity index (χ2n) is 3.24. The molecule has 0 fully saturated rings. The van der Waals surface area contributed by atoms with Crippen molar-refractivity contribution in [3.8, 4) is 0 Å². The van der Waals surface area contributed by atoms with E-state index in [0.717, 1.165) is 4.53 Å². The quantitative estimate of drug-likeness (QED) is 0.265. The Morgan fingerprint density at radius 3 is 2.71 bits per heavy atom. The first-order valence-electron chi connectivity index (χ1n) is 4.79. The molecule has 6 heteroatoms. The average molecular weight is 250 g/mol. The minimum Gasteiger partial charge on any atom is -0.312 e. The van der Waals surface area contributed by atoms with Gasteiger partial charge in [-0.3, -0.25) is 0 Å². The summed E-state index contributed by atoms with van der Waals surface area (Å²) in [5.74, 6) is 1.93. The lowest BCUT2D eigenvalue weighted by Crippen LogP contribution is -2.05. The van der Waals surface area contributed by atoms with Crippen LogP contribution in [0.2, 0.25) is 0 Å². The first-order valence-corrected chi connectivity index (χ1v) is 5.13. The zero-order valence-electron chi connectivity index (χ0n) is 8.92. The summed E-state index contributed by atoms with van der Waals surface area (Å²) in [6, 6.07) is 9.06. The summed E-state index contributed by atoms with van der Waals surface area (Å²) in [5, 5.41) is 7.30. The maximum absolute atomic E-state index is 11.2. The van der Waals surface area contributed by atoms with Crippen LogP contribution in [0.25, 0.3) is 0 Å². The summed E-state index contributed by atoms with van der Waals surface area (Å²) < 4.78 is 1.09. The second kappa shape index (κ2) is 4.82. The van der Waals surface area contributed by atoms with Gasteiger partial charge < -0.3 is 4.84 Å². The van der Waals surface area contributed by atoms with Crippen molar-refractivity contribution in [2.75, 3.05) is 4.53 Å². The van der Waals surface area contributed by atoms with Crippen LogP contribution in [0.15, 0.2) is 46.2 Å². The largest absolute Gasteiger partial charge is 0.377 e. The minimum absolute atomic E-state index is 0.173. The summed E-state index contributed by atoms with van der Waals surface area (Å²) in [6.45, 7) is 1.63. The summed E-state index contributed by atoms with van der Waals surface area (Å²) in [5.41, 5.74) is 1.27. The molecule has 0 radical (unpaired) electrons. The van der Waals surface area contributed by atoms with Crippen molar-refractivity contribution >= 4 is 35.0 Å². The fourth-order valence-corrected chi connectivity index (χ4v) is 1.33. The van der Waals surface area contributed by atoms with Crippen molar-refractivity contribution in [3.63, 3.8) is 0 Å². The molecule has 1 aliphatic rings. The number of carbonyl (C=O) groups is 1. The number of hydrogen-bond donors (Lipinski definition) is 0. The number of halogens is 1. The van der Waals surface area contributed by atoms with Crippen molar-refractivity contribution in [2.45, 2.75) is 6.92 Å². The second-order valence-corrected chi connectivity index (χ2v) is 3.56.